The summed E-state index contributed by atoms with van der Waals surface area (Å²) in [5.41, 5.74) is 4.35. The van der Waals surface area contributed by atoms with E-state index in [0.29, 0.717) is 5.84 Å². The molecule has 0 bridgehead atoms. The highest BCUT2D eigenvalue weighted by atomic mass is 16.3. The van der Waals surface area contributed by atoms with Crippen molar-refractivity contribution < 1.29 is 4.42 Å². The quantitative estimate of drug-likeness (QED) is 0.350. The largest absolute Gasteiger partial charge is 0.464 e. The van der Waals surface area contributed by atoms with Crippen LogP contribution in [0.15, 0.2) is 39.9 Å². The number of nitrogens with two attached hydrogens (primary N) is 1. The van der Waals surface area contributed by atoms with Crippen LogP contribution < -0.4 is 11.3 Å². The summed E-state index contributed by atoms with van der Waals surface area (Å²) < 4.78 is 5.44. The molecule has 2 aromatic rings. The van der Waals surface area contributed by atoms with Crippen molar-refractivity contribution in [2.45, 2.75) is 19.9 Å². The summed E-state index contributed by atoms with van der Waals surface area (Å²) in [6, 6.07) is 7.99. The van der Waals surface area contributed by atoms with Gasteiger partial charge in [-0.15, -0.1) is 0 Å². The summed E-state index contributed by atoms with van der Waals surface area (Å²) in [6.07, 6.45) is 1.67. The van der Waals surface area contributed by atoms with Gasteiger partial charge in [0.1, 0.15) is 17.7 Å². The Kier molecular flexibility index (Phi) is 2.92. The lowest BCUT2D eigenvalue weighted by atomic mass is 10.1. The molecule has 0 aliphatic rings. The van der Waals surface area contributed by atoms with Gasteiger partial charge in [-0.25, -0.2) is 5.84 Å². The molecular formula is C12H15N3O. The number of hydrazine groups is 1. The normalized spacial score (nSPS) is 12.4. The lowest BCUT2D eigenvalue weighted by molar-refractivity contribution is 0.614. The summed E-state index contributed by atoms with van der Waals surface area (Å²) in [6.45, 7) is 4.00. The second-order valence-corrected chi connectivity index (χ2v) is 3.86. The molecule has 84 valence electrons. The molecule has 0 atom stereocenters. The van der Waals surface area contributed by atoms with E-state index in [1.54, 1.807) is 6.26 Å². The number of rotatable bonds is 2. The minimum Gasteiger partial charge on any atom is -0.464 e. The third kappa shape index (κ3) is 1.92. The van der Waals surface area contributed by atoms with Gasteiger partial charge >= 0.3 is 0 Å². The van der Waals surface area contributed by atoms with Crippen LogP contribution in [0.1, 0.15) is 19.4 Å². The van der Waals surface area contributed by atoms with E-state index < -0.39 is 0 Å². The van der Waals surface area contributed by atoms with Crippen LogP contribution in [0.25, 0.3) is 11.0 Å². The van der Waals surface area contributed by atoms with Crippen molar-refractivity contribution in [2.24, 2.45) is 10.8 Å². The number of aliphatic imine (C=N–C) groups is 1. The van der Waals surface area contributed by atoms with E-state index in [2.05, 4.69) is 10.4 Å². The molecule has 1 heterocycles. The maximum absolute atomic E-state index is 5.48. The SMILES string of the molecule is CC(C)N=C(NN)c1coc2ccccc12. The van der Waals surface area contributed by atoms with Gasteiger partial charge in [0.15, 0.2) is 0 Å². The topological polar surface area (TPSA) is 63.5 Å². The molecule has 4 heteroatoms. The number of benzene rings is 1. The molecule has 4 nitrogen and oxygen atoms in total. The van der Waals surface area contributed by atoms with E-state index in [-0.39, 0.29) is 6.04 Å². The minimum atomic E-state index is 0.180. The van der Waals surface area contributed by atoms with E-state index in [0.717, 1.165) is 16.5 Å². The van der Waals surface area contributed by atoms with Crippen molar-refractivity contribution in [3.8, 4) is 0 Å². The van der Waals surface area contributed by atoms with Crippen molar-refractivity contribution in [1.82, 2.24) is 5.43 Å². The van der Waals surface area contributed by atoms with Crippen LogP contribution in [-0.4, -0.2) is 11.9 Å². The van der Waals surface area contributed by atoms with Gasteiger partial charge in [-0.1, -0.05) is 18.2 Å². The van der Waals surface area contributed by atoms with Crippen molar-refractivity contribution >= 4 is 16.8 Å². The van der Waals surface area contributed by atoms with Crippen LogP contribution in [0.2, 0.25) is 0 Å². The molecule has 0 aliphatic heterocycles. The first-order valence-electron chi connectivity index (χ1n) is 5.23. The number of hydrogen-bond donors (Lipinski definition) is 2. The van der Waals surface area contributed by atoms with Gasteiger partial charge in [0.2, 0.25) is 0 Å². The first-order chi connectivity index (χ1) is 7.72. The standard InChI is InChI=1S/C12H15N3O/c1-8(2)14-12(15-13)10-7-16-11-6-4-3-5-9(10)11/h3-8H,13H2,1-2H3,(H,14,15). The summed E-state index contributed by atoms with van der Waals surface area (Å²) in [5, 5.41) is 1.01. The van der Waals surface area contributed by atoms with Crippen LogP contribution in [0.4, 0.5) is 0 Å². The van der Waals surface area contributed by atoms with Crippen molar-refractivity contribution in [3.05, 3.63) is 36.1 Å². The smallest absolute Gasteiger partial charge is 0.146 e. The second-order valence-electron chi connectivity index (χ2n) is 3.86. The van der Waals surface area contributed by atoms with E-state index in [9.17, 15) is 0 Å². The first kappa shape index (κ1) is 10.7. The number of furan rings is 1. The summed E-state index contributed by atoms with van der Waals surface area (Å²) in [5.74, 6) is 6.13. The molecule has 0 radical (unpaired) electrons. The first-order valence-corrected chi connectivity index (χ1v) is 5.23. The highest BCUT2D eigenvalue weighted by Crippen LogP contribution is 2.20. The average Bonchev–Trinajstić information content (AvgIpc) is 2.69. The van der Waals surface area contributed by atoms with Crippen molar-refractivity contribution in [1.29, 1.82) is 0 Å². The van der Waals surface area contributed by atoms with Crippen LogP contribution in [0, 0.1) is 0 Å². The van der Waals surface area contributed by atoms with Gasteiger partial charge in [0.25, 0.3) is 0 Å². The Morgan fingerprint density at radius 1 is 1.38 bits per heavy atom. The number of nitrogens with zero attached hydrogens (tertiary/aromatic N) is 1. The molecule has 1 aromatic carbocycles. The molecular weight excluding hydrogens is 202 g/mol. The zero-order valence-electron chi connectivity index (χ0n) is 9.40. The fourth-order valence-electron chi connectivity index (χ4n) is 1.60. The lowest BCUT2D eigenvalue weighted by Crippen LogP contribution is -2.31. The van der Waals surface area contributed by atoms with E-state index in [4.69, 9.17) is 10.3 Å². The number of hydrogen-bond acceptors (Lipinski definition) is 3. The van der Waals surface area contributed by atoms with E-state index in [1.807, 2.05) is 38.1 Å². The molecule has 3 N–H and O–H groups in total. The Morgan fingerprint density at radius 3 is 2.81 bits per heavy atom. The third-order valence-corrected chi connectivity index (χ3v) is 2.26. The Morgan fingerprint density at radius 2 is 2.12 bits per heavy atom. The lowest BCUT2D eigenvalue weighted by Gasteiger charge is -2.05. The number of amidine groups is 1. The summed E-state index contributed by atoms with van der Waals surface area (Å²) >= 11 is 0. The highest BCUT2D eigenvalue weighted by Gasteiger charge is 2.10. The van der Waals surface area contributed by atoms with Crippen LogP contribution >= 0.6 is 0 Å². The molecule has 0 fully saturated rings. The van der Waals surface area contributed by atoms with Crippen molar-refractivity contribution in [3.63, 3.8) is 0 Å². The molecule has 0 saturated heterocycles. The number of fused-ring (bicyclic) bond motifs is 1. The van der Waals surface area contributed by atoms with Gasteiger partial charge in [0, 0.05) is 11.4 Å². The molecule has 0 unspecified atom stereocenters. The van der Waals surface area contributed by atoms with Gasteiger partial charge in [0.05, 0.1) is 5.56 Å². The average molecular weight is 217 g/mol. The zero-order chi connectivity index (χ0) is 11.5. The molecule has 0 aliphatic carbocycles. The van der Waals surface area contributed by atoms with Crippen LogP contribution in [0.3, 0.4) is 0 Å². The third-order valence-electron chi connectivity index (χ3n) is 2.26. The van der Waals surface area contributed by atoms with Crippen LogP contribution in [-0.2, 0) is 0 Å². The minimum absolute atomic E-state index is 0.180. The zero-order valence-corrected chi connectivity index (χ0v) is 9.40. The summed E-state index contributed by atoms with van der Waals surface area (Å²) in [7, 11) is 0. The monoisotopic (exact) mass is 217 g/mol. The Labute approximate surface area is 94.1 Å². The van der Waals surface area contributed by atoms with Crippen molar-refractivity contribution in [2.75, 3.05) is 0 Å². The van der Waals surface area contributed by atoms with E-state index in [1.165, 1.54) is 0 Å². The molecule has 16 heavy (non-hydrogen) atoms. The highest BCUT2D eigenvalue weighted by molar-refractivity contribution is 6.08. The number of para-hydroxylation sites is 1. The second kappa shape index (κ2) is 4.37. The maximum Gasteiger partial charge on any atom is 0.146 e. The van der Waals surface area contributed by atoms with E-state index >= 15 is 0 Å². The number of nitrogens with one attached hydrogen (secondary N) is 1. The molecule has 0 amide bonds. The Bertz CT molecular complexity index is 514. The van der Waals surface area contributed by atoms with Gasteiger partial charge < -0.3 is 9.84 Å². The molecule has 1 aromatic heterocycles. The Hall–Kier alpha value is -1.81. The van der Waals surface area contributed by atoms with Gasteiger partial charge in [-0.3, -0.25) is 4.99 Å². The predicted molar refractivity (Wildman–Crippen MR) is 65.2 cm³/mol. The van der Waals surface area contributed by atoms with Gasteiger partial charge in [-0.2, -0.15) is 0 Å². The maximum atomic E-state index is 5.48. The molecule has 0 saturated carbocycles. The van der Waals surface area contributed by atoms with Gasteiger partial charge in [-0.05, 0) is 19.9 Å². The fraction of sp³-hybridized carbons (Fsp3) is 0.250. The predicted octanol–water partition coefficient (Wildman–Crippen LogP) is 2.05. The Balaban J connectivity index is 2.54. The fourth-order valence-corrected chi connectivity index (χ4v) is 1.60. The molecule has 0 spiro atoms. The van der Waals surface area contributed by atoms with Crippen LogP contribution in [0.5, 0.6) is 0 Å². The molecule has 2 rings (SSSR count). The summed E-state index contributed by atoms with van der Waals surface area (Å²) in [4.78, 5) is 4.41.